The molecule has 2 atom stereocenters. The number of rotatable bonds is 2. The summed E-state index contributed by atoms with van der Waals surface area (Å²) >= 11 is 0. The van der Waals surface area contributed by atoms with Crippen molar-refractivity contribution in [1.82, 2.24) is 10.6 Å². The Morgan fingerprint density at radius 2 is 1.95 bits per heavy atom. The molecule has 0 saturated carbocycles. The lowest BCUT2D eigenvalue weighted by Crippen LogP contribution is -2.51. The van der Waals surface area contributed by atoms with E-state index in [-0.39, 0.29) is 11.3 Å². The van der Waals surface area contributed by atoms with Crippen LogP contribution >= 0.6 is 0 Å². The molecule has 2 amide bonds. The molecule has 2 rings (SSSR count). The van der Waals surface area contributed by atoms with Crippen LogP contribution in [0.3, 0.4) is 0 Å². The maximum atomic E-state index is 13.1. The maximum absolute atomic E-state index is 13.1. The standard InChI is InChI=1S/C14H13F3N2O3/c1-7-10(12(20)22-2)11(19-13(21)18-7)8-5-3-4-6-9(8)14(15,16)17/h3-6,10-11H,1H2,2H3,(H2,18,19,21)/t10-,11+/m1/s1. The molecule has 0 aromatic heterocycles. The first-order valence-electron chi connectivity index (χ1n) is 6.26. The number of hydrogen-bond donors (Lipinski definition) is 2. The first kappa shape index (κ1) is 15.9. The fourth-order valence-electron chi connectivity index (χ4n) is 2.37. The molecule has 1 aromatic carbocycles. The molecule has 1 aliphatic rings. The number of esters is 1. The first-order chi connectivity index (χ1) is 10.3. The van der Waals surface area contributed by atoms with Crippen molar-refractivity contribution in [3.05, 3.63) is 47.7 Å². The lowest BCUT2D eigenvalue weighted by molar-refractivity contribution is -0.146. The predicted molar refractivity (Wildman–Crippen MR) is 70.5 cm³/mol. The number of nitrogens with one attached hydrogen (secondary N) is 2. The molecule has 1 aliphatic heterocycles. The van der Waals surface area contributed by atoms with E-state index in [1.54, 1.807) is 0 Å². The number of ether oxygens (including phenoxy) is 1. The molecule has 0 unspecified atom stereocenters. The second-order valence-corrected chi connectivity index (χ2v) is 4.69. The molecule has 0 aliphatic carbocycles. The molecule has 0 spiro atoms. The van der Waals surface area contributed by atoms with E-state index in [1.807, 2.05) is 0 Å². The topological polar surface area (TPSA) is 67.4 Å². The number of carbonyl (C=O) groups excluding carboxylic acids is 2. The number of halogens is 3. The van der Waals surface area contributed by atoms with Crippen molar-refractivity contribution in [1.29, 1.82) is 0 Å². The van der Waals surface area contributed by atoms with Crippen molar-refractivity contribution in [2.45, 2.75) is 12.2 Å². The van der Waals surface area contributed by atoms with Gasteiger partial charge in [-0.3, -0.25) is 4.79 Å². The van der Waals surface area contributed by atoms with Crippen LogP contribution in [0.15, 0.2) is 36.5 Å². The van der Waals surface area contributed by atoms with Gasteiger partial charge in [-0.15, -0.1) is 0 Å². The van der Waals surface area contributed by atoms with Gasteiger partial charge in [0.15, 0.2) is 0 Å². The average molecular weight is 314 g/mol. The number of carbonyl (C=O) groups is 2. The Balaban J connectivity index is 2.54. The van der Waals surface area contributed by atoms with E-state index in [0.29, 0.717) is 0 Å². The third-order valence-corrected chi connectivity index (χ3v) is 3.33. The lowest BCUT2D eigenvalue weighted by atomic mass is 9.86. The molecule has 0 radical (unpaired) electrons. The van der Waals surface area contributed by atoms with Crippen LogP contribution in [0, 0.1) is 5.92 Å². The highest BCUT2D eigenvalue weighted by molar-refractivity contribution is 5.85. The Morgan fingerprint density at radius 3 is 2.55 bits per heavy atom. The van der Waals surface area contributed by atoms with Crippen molar-refractivity contribution < 1.29 is 27.5 Å². The van der Waals surface area contributed by atoms with Crippen molar-refractivity contribution in [3.8, 4) is 0 Å². The number of hydrogen-bond acceptors (Lipinski definition) is 3. The van der Waals surface area contributed by atoms with Crippen molar-refractivity contribution in [2.75, 3.05) is 7.11 Å². The summed E-state index contributed by atoms with van der Waals surface area (Å²) in [4.78, 5) is 23.4. The molecule has 0 bridgehead atoms. The molecular formula is C14H13F3N2O3. The van der Waals surface area contributed by atoms with E-state index in [9.17, 15) is 22.8 Å². The fourth-order valence-corrected chi connectivity index (χ4v) is 2.37. The smallest absolute Gasteiger partial charge is 0.416 e. The SMILES string of the molecule is C=C1NC(=O)N[C@@H](c2ccccc2C(F)(F)F)[C@@H]1C(=O)OC. The van der Waals surface area contributed by atoms with Crippen LogP contribution in [0.1, 0.15) is 17.2 Å². The highest BCUT2D eigenvalue weighted by Gasteiger charge is 2.43. The van der Waals surface area contributed by atoms with E-state index in [1.165, 1.54) is 18.2 Å². The van der Waals surface area contributed by atoms with Crippen molar-refractivity contribution in [2.24, 2.45) is 5.92 Å². The van der Waals surface area contributed by atoms with Gasteiger partial charge in [0.25, 0.3) is 0 Å². The maximum Gasteiger partial charge on any atom is 0.416 e. The Kier molecular flexibility index (Phi) is 4.11. The zero-order valence-electron chi connectivity index (χ0n) is 11.5. The van der Waals surface area contributed by atoms with E-state index in [0.717, 1.165) is 13.2 Å². The van der Waals surface area contributed by atoms with Gasteiger partial charge in [0, 0.05) is 5.70 Å². The van der Waals surface area contributed by atoms with Crippen LogP contribution in [0.5, 0.6) is 0 Å². The Bertz CT molecular complexity index is 628. The number of urea groups is 1. The monoisotopic (exact) mass is 314 g/mol. The van der Waals surface area contributed by atoms with Crippen molar-refractivity contribution in [3.63, 3.8) is 0 Å². The summed E-state index contributed by atoms with van der Waals surface area (Å²) in [6.45, 7) is 3.53. The lowest BCUT2D eigenvalue weighted by Gasteiger charge is -2.34. The summed E-state index contributed by atoms with van der Waals surface area (Å²) < 4.78 is 44.0. The Labute approximate surface area is 124 Å². The van der Waals surface area contributed by atoms with Crippen LogP contribution in [0.2, 0.25) is 0 Å². The molecule has 118 valence electrons. The minimum atomic E-state index is -4.62. The fraction of sp³-hybridized carbons (Fsp3) is 0.286. The summed E-state index contributed by atoms with van der Waals surface area (Å²) in [5.74, 6) is -1.95. The molecule has 2 N–H and O–H groups in total. The third-order valence-electron chi connectivity index (χ3n) is 3.33. The highest BCUT2D eigenvalue weighted by Crippen LogP contribution is 2.39. The second-order valence-electron chi connectivity index (χ2n) is 4.69. The second kappa shape index (κ2) is 5.70. The van der Waals surface area contributed by atoms with Crippen LogP contribution < -0.4 is 10.6 Å². The molecular weight excluding hydrogens is 301 g/mol. The molecule has 8 heteroatoms. The largest absolute Gasteiger partial charge is 0.468 e. The normalized spacial score (nSPS) is 21.8. The molecule has 5 nitrogen and oxygen atoms in total. The van der Waals surface area contributed by atoms with Gasteiger partial charge in [-0.05, 0) is 11.6 Å². The number of amides is 2. The average Bonchev–Trinajstić information content (AvgIpc) is 2.45. The van der Waals surface area contributed by atoms with Gasteiger partial charge in [0.05, 0.1) is 18.7 Å². The summed E-state index contributed by atoms with van der Waals surface area (Å²) in [5, 5.41) is 4.61. The Morgan fingerprint density at radius 1 is 1.32 bits per heavy atom. The zero-order chi connectivity index (χ0) is 16.5. The van der Waals surface area contributed by atoms with Gasteiger partial charge in [-0.2, -0.15) is 13.2 Å². The van der Waals surface area contributed by atoms with Crippen LogP contribution in [-0.4, -0.2) is 19.1 Å². The van der Waals surface area contributed by atoms with Gasteiger partial charge in [-0.1, -0.05) is 24.8 Å². The van der Waals surface area contributed by atoms with E-state index >= 15 is 0 Å². The first-order valence-corrected chi connectivity index (χ1v) is 6.26. The van der Waals surface area contributed by atoms with Gasteiger partial charge >= 0.3 is 18.2 Å². The summed E-state index contributed by atoms with van der Waals surface area (Å²) in [7, 11) is 1.11. The van der Waals surface area contributed by atoms with Crippen LogP contribution in [0.25, 0.3) is 0 Å². The highest BCUT2D eigenvalue weighted by atomic mass is 19.4. The minimum Gasteiger partial charge on any atom is -0.468 e. The summed E-state index contributed by atoms with van der Waals surface area (Å²) in [5.41, 5.74) is -1.16. The van der Waals surface area contributed by atoms with E-state index in [2.05, 4.69) is 21.9 Å². The van der Waals surface area contributed by atoms with Crippen LogP contribution in [-0.2, 0) is 15.7 Å². The van der Waals surface area contributed by atoms with E-state index < -0.39 is 35.7 Å². The van der Waals surface area contributed by atoms with Crippen LogP contribution in [0.4, 0.5) is 18.0 Å². The zero-order valence-corrected chi connectivity index (χ0v) is 11.5. The molecule has 1 fully saturated rings. The summed E-state index contributed by atoms with van der Waals surface area (Å²) in [6.07, 6.45) is -4.62. The minimum absolute atomic E-state index is 0.0161. The quantitative estimate of drug-likeness (QED) is 0.824. The molecule has 22 heavy (non-hydrogen) atoms. The van der Waals surface area contributed by atoms with E-state index in [4.69, 9.17) is 0 Å². The van der Waals surface area contributed by atoms with Gasteiger partial charge in [-0.25, -0.2) is 4.79 Å². The number of alkyl halides is 3. The number of methoxy groups -OCH3 is 1. The predicted octanol–water partition coefficient (Wildman–Crippen LogP) is 2.36. The third kappa shape index (κ3) is 2.90. The van der Waals surface area contributed by atoms with Crippen molar-refractivity contribution >= 4 is 12.0 Å². The van der Waals surface area contributed by atoms with Gasteiger partial charge in [0.1, 0.15) is 5.92 Å². The molecule has 1 saturated heterocycles. The summed E-state index contributed by atoms with van der Waals surface area (Å²) in [6, 6.07) is 2.79. The Hall–Kier alpha value is -2.51. The number of benzene rings is 1. The van der Waals surface area contributed by atoms with Gasteiger partial charge in [0.2, 0.25) is 0 Å². The van der Waals surface area contributed by atoms with Gasteiger partial charge < -0.3 is 15.4 Å². The molecule has 1 aromatic rings. The molecule has 1 heterocycles.